The van der Waals surface area contributed by atoms with Gasteiger partial charge in [-0.1, -0.05) is 0 Å². The Balaban J connectivity index is 1.71. The zero-order valence-corrected chi connectivity index (χ0v) is 12.1. The molecule has 0 unspecified atom stereocenters. The van der Waals surface area contributed by atoms with Gasteiger partial charge in [-0.25, -0.2) is 4.68 Å². The summed E-state index contributed by atoms with van der Waals surface area (Å²) < 4.78 is 27.6. The molecule has 21 heavy (non-hydrogen) atoms. The van der Waals surface area contributed by atoms with Crippen LogP contribution < -0.4 is 5.32 Å². The number of hydrogen-bond acceptors (Lipinski definition) is 3. The molecule has 5 nitrogen and oxygen atoms in total. The summed E-state index contributed by atoms with van der Waals surface area (Å²) in [5.74, 6) is 1.04. The highest BCUT2D eigenvalue weighted by Gasteiger charge is 2.27. The highest BCUT2D eigenvalue weighted by Crippen LogP contribution is 2.39. The van der Waals surface area contributed by atoms with Crippen molar-refractivity contribution in [3.8, 4) is 0 Å². The van der Waals surface area contributed by atoms with E-state index in [0.717, 1.165) is 11.4 Å². The summed E-state index contributed by atoms with van der Waals surface area (Å²) in [7, 11) is 0. The van der Waals surface area contributed by atoms with Crippen LogP contribution in [0.1, 0.15) is 56.6 Å². The molecular weight excluding hydrogens is 276 g/mol. The minimum Gasteiger partial charge on any atom is -0.363 e. The van der Waals surface area contributed by atoms with Gasteiger partial charge in [0.2, 0.25) is 0 Å². The predicted molar refractivity (Wildman–Crippen MR) is 75.4 cm³/mol. The van der Waals surface area contributed by atoms with E-state index in [4.69, 9.17) is 0 Å². The van der Waals surface area contributed by atoms with Crippen LogP contribution in [0.15, 0.2) is 18.3 Å². The van der Waals surface area contributed by atoms with Crippen molar-refractivity contribution in [2.45, 2.75) is 51.7 Å². The molecule has 0 amide bonds. The lowest BCUT2D eigenvalue weighted by molar-refractivity contribution is 0.0569. The lowest BCUT2D eigenvalue weighted by Crippen LogP contribution is -2.11. The summed E-state index contributed by atoms with van der Waals surface area (Å²) in [6.07, 6.45) is 3.68. The second-order valence-electron chi connectivity index (χ2n) is 5.69. The first-order valence-electron chi connectivity index (χ1n) is 7.20. The van der Waals surface area contributed by atoms with Crippen LogP contribution in [0.4, 0.5) is 14.6 Å². The second kappa shape index (κ2) is 5.46. The van der Waals surface area contributed by atoms with E-state index in [9.17, 15) is 8.78 Å². The first-order valence-corrected chi connectivity index (χ1v) is 7.20. The van der Waals surface area contributed by atoms with E-state index in [1.54, 1.807) is 6.07 Å². The third kappa shape index (κ3) is 3.06. The summed E-state index contributed by atoms with van der Waals surface area (Å²) in [6, 6.07) is 3.92. The van der Waals surface area contributed by atoms with Crippen molar-refractivity contribution < 1.29 is 8.78 Å². The molecule has 0 radical (unpaired) electrons. The van der Waals surface area contributed by atoms with Crippen LogP contribution in [0.3, 0.4) is 0 Å². The van der Waals surface area contributed by atoms with Crippen LogP contribution in [0, 0.1) is 0 Å². The van der Waals surface area contributed by atoms with Crippen LogP contribution in [0.2, 0.25) is 0 Å². The Kier molecular flexibility index (Phi) is 3.65. The van der Waals surface area contributed by atoms with E-state index in [1.165, 1.54) is 19.0 Å². The molecule has 7 heteroatoms. The number of anilines is 1. The standard InChI is InChI=1S/C14H19F2N5/c1-9(2)21-11(7-12(18-21)10-3-4-10)8-17-13-5-6-20(19-13)14(15)16/h5-7,9-10,14H,3-4,8H2,1-2H3,(H,17,19). The zero-order chi connectivity index (χ0) is 15.0. The molecule has 2 heterocycles. The zero-order valence-electron chi connectivity index (χ0n) is 12.1. The van der Waals surface area contributed by atoms with E-state index in [0.29, 0.717) is 23.0 Å². The van der Waals surface area contributed by atoms with Gasteiger partial charge in [0.15, 0.2) is 0 Å². The first kappa shape index (κ1) is 14.0. The summed E-state index contributed by atoms with van der Waals surface area (Å²) in [5, 5.41) is 11.5. The van der Waals surface area contributed by atoms with Crippen molar-refractivity contribution in [3.63, 3.8) is 0 Å². The first-order chi connectivity index (χ1) is 10.0. The minimum absolute atomic E-state index is 0.271. The SMILES string of the molecule is CC(C)n1nc(C2CC2)cc1CNc1ccn(C(F)F)n1. The molecule has 2 aromatic heterocycles. The highest BCUT2D eigenvalue weighted by atomic mass is 19.3. The van der Waals surface area contributed by atoms with Gasteiger partial charge in [-0.15, -0.1) is 0 Å². The molecule has 0 spiro atoms. The topological polar surface area (TPSA) is 47.7 Å². The normalized spacial score (nSPS) is 15.1. The average Bonchev–Trinajstić information content (AvgIpc) is 3.02. The largest absolute Gasteiger partial charge is 0.363 e. The van der Waals surface area contributed by atoms with Crippen molar-refractivity contribution in [2.24, 2.45) is 0 Å². The summed E-state index contributed by atoms with van der Waals surface area (Å²) in [4.78, 5) is 0. The molecule has 0 aliphatic heterocycles. The average molecular weight is 295 g/mol. The van der Waals surface area contributed by atoms with Crippen LogP contribution in [-0.2, 0) is 6.54 Å². The molecule has 0 aromatic carbocycles. The Morgan fingerprint density at radius 1 is 1.33 bits per heavy atom. The lowest BCUT2D eigenvalue weighted by Gasteiger charge is -2.11. The molecule has 2 aromatic rings. The van der Waals surface area contributed by atoms with Crippen LogP contribution in [0.5, 0.6) is 0 Å². The third-order valence-electron chi connectivity index (χ3n) is 3.58. The van der Waals surface area contributed by atoms with Crippen LogP contribution >= 0.6 is 0 Å². The molecule has 1 N–H and O–H groups in total. The lowest BCUT2D eigenvalue weighted by atomic mass is 10.2. The smallest absolute Gasteiger partial charge is 0.333 e. The predicted octanol–water partition coefficient (Wildman–Crippen LogP) is 3.55. The number of halogens is 2. The van der Waals surface area contributed by atoms with Crippen LogP contribution in [0.25, 0.3) is 0 Å². The van der Waals surface area contributed by atoms with Crippen molar-refractivity contribution in [1.29, 1.82) is 0 Å². The summed E-state index contributed by atoms with van der Waals surface area (Å²) in [6.45, 7) is 2.08. The van der Waals surface area contributed by atoms with Gasteiger partial charge in [0.05, 0.1) is 17.9 Å². The maximum Gasteiger partial charge on any atom is 0.333 e. The molecule has 1 saturated carbocycles. The second-order valence-corrected chi connectivity index (χ2v) is 5.69. The van der Waals surface area contributed by atoms with Crippen molar-refractivity contribution in [3.05, 3.63) is 29.7 Å². The van der Waals surface area contributed by atoms with E-state index in [-0.39, 0.29) is 6.04 Å². The van der Waals surface area contributed by atoms with E-state index < -0.39 is 6.55 Å². The quantitative estimate of drug-likeness (QED) is 0.886. The van der Waals surface area contributed by atoms with Gasteiger partial charge in [0, 0.05) is 24.2 Å². The van der Waals surface area contributed by atoms with Gasteiger partial charge in [0.25, 0.3) is 0 Å². The minimum atomic E-state index is -2.61. The maximum absolute atomic E-state index is 12.5. The molecule has 0 saturated heterocycles. The van der Waals surface area contributed by atoms with Gasteiger partial charge >= 0.3 is 6.55 Å². The number of nitrogens with one attached hydrogen (secondary N) is 1. The Morgan fingerprint density at radius 3 is 2.67 bits per heavy atom. The van der Waals surface area contributed by atoms with Gasteiger partial charge < -0.3 is 5.32 Å². The van der Waals surface area contributed by atoms with Gasteiger partial charge in [-0.2, -0.15) is 19.0 Å². The number of aromatic nitrogens is 4. The number of nitrogens with zero attached hydrogens (tertiary/aromatic N) is 4. The maximum atomic E-state index is 12.5. The van der Waals surface area contributed by atoms with Gasteiger partial charge in [-0.05, 0) is 32.8 Å². The van der Waals surface area contributed by atoms with Crippen molar-refractivity contribution in [2.75, 3.05) is 5.32 Å². The Hall–Kier alpha value is -1.92. The number of hydrogen-bond donors (Lipinski definition) is 1. The molecule has 3 rings (SSSR count). The molecule has 0 bridgehead atoms. The van der Waals surface area contributed by atoms with Crippen molar-refractivity contribution >= 4 is 5.82 Å². The Labute approximate surface area is 121 Å². The number of alkyl halides is 2. The van der Waals surface area contributed by atoms with Gasteiger partial charge in [0.1, 0.15) is 5.82 Å². The molecule has 1 fully saturated rings. The molecule has 0 atom stereocenters. The summed E-state index contributed by atoms with van der Waals surface area (Å²) in [5.41, 5.74) is 2.19. The fraction of sp³-hybridized carbons (Fsp3) is 0.571. The van der Waals surface area contributed by atoms with E-state index in [1.807, 2.05) is 4.68 Å². The van der Waals surface area contributed by atoms with Crippen molar-refractivity contribution in [1.82, 2.24) is 19.6 Å². The third-order valence-corrected chi connectivity index (χ3v) is 3.58. The highest BCUT2D eigenvalue weighted by molar-refractivity contribution is 5.33. The Morgan fingerprint density at radius 2 is 2.10 bits per heavy atom. The monoisotopic (exact) mass is 295 g/mol. The molecular formula is C14H19F2N5. The molecule has 1 aliphatic rings. The Bertz CT molecular complexity index is 613. The van der Waals surface area contributed by atoms with E-state index in [2.05, 4.69) is 35.4 Å². The fourth-order valence-corrected chi connectivity index (χ4v) is 2.33. The van der Waals surface area contributed by atoms with Crippen LogP contribution in [-0.4, -0.2) is 19.6 Å². The molecule has 1 aliphatic carbocycles. The fourth-order valence-electron chi connectivity index (χ4n) is 2.33. The van der Waals surface area contributed by atoms with E-state index >= 15 is 0 Å². The summed E-state index contributed by atoms with van der Waals surface area (Å²) >= 11 is 0. The molecule has 114 valence electrons. The number of rotatable bonds is 6. The van der Waals surface area contributed by atoms with Gasteiger partial charge in [-0.3, -0.25) is 4.68 Å².